The molecule has 11 heavy (non-hydrogen) atoms. The molecule has 3 heteroatoms. The summed E-state index contributed by atoms with van der Waals surface area (Å²) in [6, 6.07) is 1.51. The van der Waals surface area contributed by atoms with Crippen LogP contribution in [0.2, 0.25) is 0 Å². The maximum Gasteiger partial charge on any atom is 0.145 e. The van der Waals surface area contributed by atoms with Gasteiger partial charge in [0.2, 0.25) is 0 Å². The molecule has 0 spiro atoms. The summed E-state index contributed by atoms with van der Waals surface area (Å²) in [4.78, 5) is 13.8. The molecule has 0 saturated carbocycles. The fourth-order valence-corrected chi connectivity index (χ4v) is 0.829. The molecule has 0 aliphatic heterocycles. The number of aromatic nitrogens is 1. The van der Waals surface area contributed by atoms with Gasteiger partial charge in [-0.15, -0.1) is 0 Å². The van der Waals surface area contributed by atoms with Crippen LogP contribution in [0.3, 0.4) is 0 Å². The van der Waals surface area contributed by atoms with E-state index in [1.165, 1.54) is 12.3 Å². The molecule has 0 radical (unpaired) electrons. The second-order valence-electron chi connectivity index (χ2n) is 2.32. The summed E-state index contributed by atoms with van der Waals surface area (Å²) in [6.45, 7) is 1.64. The first-order valence-electron chi connectivity index (χ1n) is 3.30. The summed E-state index contributed by atoms with van der Waals surface area (Å²) in [5.74, 6) is -0.815. The molecule has 0 aromatic carbocycles. The van der Waals surface area contributed by atoms with Gasteiger partial charge in [-0.05, 0) is 6.07 Å². The number of hydrogen-bond donors (Lipinski definition) is 0. The zero-order chi connectivity index (χ0) is 8.27. The van der Waals surface area contributed by atoms with Crippen molar-refractivity contribution in [1.82, 2.24) is 4.98 Å². The van der Waals surface area contributed by atoms with E-state index in [2.05, 4.69) is 4.98 Å². The van der Waals surface area contributed by atoms with E-state index in [1.54, 1.807) is 6.92 Å². The Kier molecular flexibility index (Phi) is 2.31. The summed E-state index contributed by atoms with van der Waals surface area (Å²) in [5.41, 5.74) is 0.398. The Morgan fingerprint density at radius 1 is 1.73 bits per heavy atom. The lowest BCUT2D eigenvalue weighted by Gasteiger charge is -2.02. The monoisotopic (exact) mass is 153 g/mol. The molecule has 58 valence electrons. The lowest BCUT2D eigenvalue weighted by atomic mass is 10.0. The van der Waals surface area contributed by atoms with Crippen molar-refractivity contribution in [2.75, 3.05) is 0 Å². The van der Waals surface area contributed by atoms with Crippen molar-refractivity contribution in [3.8, 4) is 0 Å². The van der Waals surface area contributed by atoms with Crippen molar-refractivity contribution in [2.45, 2.75) is 12.8 Å². The molecular weight excluding hydrogens is 145 g/mol. The maximum absolute atomic E-state index is 12.8. The molecule has 0 saturated heterocycles. The SMILES string of the molecule is CC(C=O)c1ccncc1F. The number of halogens is 1. The third-order valence-electron chi connectivity index (χ3n) is 1.50. The summed E-state index contributed by atoms with van der Waals surface area (Å²) >= 11 is 0. The smallest absolute Gasteiger partial charge is 0.145 e. The zero-order valence-corrected chi connectivity index (χ0v) is 6.12. The van der Waals surface area contributed by atoms with Gasteiger partial charge in [-0.25, -0.2) is 4.39 Å². The van der Waals surface area contributed by atoms with Crippen molar-refractivity contribution in [1.29, 1.82) is 0 Å². The third-order valence-corrected chi connectivity index (χ3v) is 1.50. The van der Waals surface area contributed by atoms with E-state index in [0.29, 0.717) is 11.8 Å². The Labute approximate surface area is 64.1 Å². The highest BCUT2D eigenvalue weighted by molar-refractivity contribution is 5.61. The standard InChI is InChI=1S/C8H8FNO/c1-6(5-11)7-2-3-10-4-8(7)9/h2-6H,1H3. The number of pyridine rings is 1. The molecule has 1 unspecified atom stereocenters. The molecular formula is C8H8FNO. The van der Waals surface area contributed by atoms with Gasteiger partial charge in [-0.2, -0.15) is 0 Å². The van der Waals surface area contributed by atoms with Gasteiger partial charge in [0.05, 0.1) is 6.20 Å². The van der Waals surface area contributed by atoms with E-state index in [9.17, 15) is 9.18 Å². The van der Waals surface area contributed by atoms with Crippen LogP contribution in [0.5, 0.6) is 0 Å². The largest absolute Gasteiger partial charge is 0.303 e. The summed E-state index contributed by atoms with van der Waals surface area (Å²) in [6.07, 6.45) is 3.28. The van der Waals surface area contributed by atoms with Gasteiger partial charge in [-0.3, -0.25) is 4.98 Å². The van der Waals surface area contributed by atoms with Gasteiger partial charge in [0.1, 0.15) is 12.1 Å². The second-order valence-corrected chi connectivity index (χ2v) is 2.32. The maximum atomic E-state index is 12.8. The Balaban J connectivity index is 3.02. The molecule has 0 fully saturated rings. The normalized spacial score (nSPS) is 12.5. The first kappa shape index (κ1) is 7.85. The number of hydrogen-bond acceptors (Lipinski definition) is 2. The van der Waals surface area contributed by atoms with Crippen LogP contribution in [0, 0.1) is 5.82 Å². The highest BCUT2D eigenvalue weighted by Gasteiger charge is 2.08. The molecule has 0 amide bonds. The number of carbonyl (C=O) groups excluding carboxylic acids is 1. The van der Waals surface area contributed by atoms with Crippen LogP contribution in [0.4, 0.5) is 4.39 Å². The highest BCUT2D eigenvalue weighted by atomic mass is 19.1. The number of rotatable bonds is 2. The van der Waals surface area contributed by atoms with Gasteiger partial charge in [-0.1, -0.05) is 6.92 Å². The minimum absolute atomic E-state index is 0.391. The lowest BCUT2D eigenvalue weighted by Crippen LogP contribution is -1.98. The molecule has 1 heterocycles. The van der Waals surface area contributed by atoms with Crippen LogP contribution in [0.1, 0.15) is 18.4 Å². The quantitative estimate of drug-likeness (QED) is 0.603. The van der Waals surface area contributed by atoms with E-state index in [1.807, 2.05) is 0 Å². The molecule has 2 nitrogen and oxygen atoms in total. The second kappa shape index (κ2) is 3.23. The summed E-state index contributed by atoms with van der Waals surface area (Å²) in [5, 5.41) is 0. The third kappa shape index (κ3) is 1.61. The van der Waals surface area contributed by atoms with Gasteiger partial charge in [0.15, 0.2) is 0 Å². The van der Waals surface area contributed by atoms with Crippen molar-refractivity contribution in [3.63, 3.8) is 0 Å². The van der Waals surface area contributed by atoms with Gasteiger partial charge in [0, 0.05) is 17.7 Å². The first-order chi connectivity index (χ1) is 5.25. The molecule has 1 aromatic rings. The van der Waals surface area contributed by atoms with Crippen LogP contribution in [0.15, 0.2) is 18.5 Å². The number of carbonyl (C=O) groups is 1. The van der Waals surface area contributed by atoms with Crippen molar-refractivity contribution in [2.24, 2.45) is 0 Å². The van der Waals surface area contributed by atoms with Crippen molar-refractivity contribution < 1.29 is 9.18 Å². The van der Waals surface area contributed by atoms with Crippen molar-refractivity contribution >= 4 is 6.29 Å². The molecule has 0 aliphatic carbocycles. The van der Waals surface area contributed by atoms with Crippen LogP contribution in [-0.2, 0) is 4.79 Å². The lowest BCUT2D eigenvalue weighted by molar-refractivity contribution is -0.108. The van der Waals surface area contributed by atoms with Crippen LogP contribution in [-0.4, -0.2) is 11.3 Å². The van der Waals surface area contributed by atoms with Crippen LogP contribution in [0.25, 0.3) is 0 Å². The molecule has 0 bridgehead atoms. The molecule has 1 aromatic heterocycles. The Morgan fingerprint density at radius 2 is 2.45 bits per heavy atom. The molecule has 0 N–H and O–H groups in total. The summed E-state index contributed by atoms with van der Waals surface area (Å²) in [7, 11) is 0. The van der Waals surface area contributed by atoms with E-state index < -0.39 is 11.7 Å². The topological polar surface area (TPSA) is 30.0 Å². The first-order valence-corrected chi connectivity index (χ1v) is 3.30. The Bertz CT molecular complexity index is 262. The average Bonchev–Trinajstić information content (AvgIpc) is 2.04. The predicted octanol–water partition coefficient (Wildman–Crippen LogP) is 1.52. The zero-order valence-electron chi connectivity index (χ0n) is 6.12. The van der Waals surface area contributed by atoms with Crippen LogP contribution < -0.4 is 0 Å². The highest BCUT2D eigenvalue weighted by Crippen LogP contribution is 2.14. The van der Waals surface area contributed by atoms with Gasteiger partial charge < -0.3 is 4.79 Å². The van der Waals surface area contributed by atoms with Crippen molar-refractivity contribution in [3.05, 3.63) is 29.8 Å². The van der Waals surface area contributed by atoms with E-state index in [0.717, 1.165) is 6.20 Å². The van der Waals surface area contributed by atoms with Crippen LogP contribution >= 0.6 is 0 Å². The van der Waals surface area contributed by atoms with E-state index in [-0.39, 0.29) is 0 Å². The van der Waals surface area contributed by atoms with Gasteiger partial charge in [0.25, 0.3) is 0 Å². The Hall–Kier alpha value is -1.25. The fourth-order valence-electron chi connectivity index (χ4n) is 0.829. The average molecular weight is 153 g/mol. The minimum atomic E-state index is -0.424. The van der Waals surface area contributed by atoms with E-state index in [4.69, 9.17) is 0 Å². The number of aldehydes is 1. The molecule has 1 atom stereocenters. The summed E-state index contributed by atoms with van der Waals surface area (Å²) < 4.78 is 12.8. The van der Waals surface area contributed by atoms with E-state index >= 15 is 0 Å². The fraction of sp³-hybridized carbons (Fsp3) is 0.250. The molecule has 0 aliphatic rings. The Morgan fingerprint density at radius 3 is 3.00 bits per heavy atom. The molecule has 1 rings (SSSR count). The minimum Gasteiger partial charge on any atom is -0.303 e. The predicted molar refractivity (Wildman–Crippen MR) is 38.7 cm³/mol. The van der Waals surface area contributed by atoms with Gasteiger partial charge >= 0.3 is 0 Å². The number of nitrogens with zero attached hydrogens (tertiary/aromatic N) is 1.